The molecule has 10 heteroatoms. The molecule has 0 aromatic heterocycles. The van der Waals surface area contributed by atoms with E-state index in [1.54, 1.807) is 6.07 Å². The first-order valence-electron chi connectivity index (χ1n) is 7.58. The van der Waals surface area contributed by atoms with Gasteiger partial charge in [0.15, 0.2) is 0 Å². The van der Waals surface area contributed by atoms with Crippen molar-refractivity contribution < 1.29 is 24.0 Å². The minimum absolute atomic E-state index is 0.0105. The highest BCUT2D eigenvalue weighted by molar-refractivity contribution is 6.48. The van der Waals surface area contributed by atoms with E-state index in [-0.39, 0.29) is 22.8 Å². The van der Waals surface area contributed by atoms with Crippen molar-refractivity contribution >= 4 is 40.5 Å². The van der Waals surface area contributed by atoms with Gasteiger partial charge in [-0.15, -0.1) is 0 Å². The topological polar surface area (TPSA) is 145 Å². The van der Waals surface area contributed by atoms with Crippen LogP contribution in [0.2, 0.25) is 0 Å². The first-order chi connectivity index (χ1) is 12.7. The van der Waals surface area contributed by atoms with Crippen LogP contribution in [0.15, 0.2) is 42.5 Å². The summed E-state index contributed by atoms with van der Waals surface area (Å²) in [5.74, 6) is -2.96. The number of hydrogen-bond acceptors (Lipinski definition) is 7. The summed E-state index contributed by atoms with van der Waals surface area (Å²) in [4.78, 5) is 47.5. The molecular formula is C17H16N4O6. The molecule has 0 aliphatic rings. The first kappa shape index (κ1) is 19.4. The third-order valence-corrected chi connectivity index (χ3v) is 3.48. The van der Waals surface area contributed by atoms with Gasteiger partial charge < -0.3 is 15.8 Å². The number of carbonyl (C=O) groups is 3. The number of nitro benzene ring substituents is 1. The molecule has 0 heterocycles. The molecule has 10 nitrogen and oxygen atoms in total. The summed E-state index contributed by atoms with van der Waals surface area (Å²) in [6.45, 7) is 1.13. The summed E-state index contributed by atoms with van der Waals surface area (Å²) in [5.41, 5.74) is 5.89. The monoisotopic (exact) mass is 372 g/mol. The van der Waals surface area contributed by atoms with Crippen LogP contribution in [-0.2, 0) is 14.4 Å². The van der Waals surface area contributed by atoms with Gasteiger partial charge in [0.25, 0.3) is 5.69 Å². The molecule has 27 heavy (non-hydrogen) atoms. The van der Waals surface area contributed by atoms with Crippen molar-refractivity contribution in [2.75, 3.05) is 23.1 Å². The average Bonchev–Trinajstić information content (AvgIpc) is 2.61. The second-order valence-electron chi connectivity index (χ2n) is 5.35. The third-order valence-electron chi connectivity index (χ3n) is 3.48. The number of amides is 3. The number of nitro groups is 1. The van der Waals surface area contributed by atoms with Gasteiger partial charge in [-0.25, -0.2) is 4.90 Å². The maximum atomic E-state index is 12.5. The molecule has 2 rings (SSSR count). The van der Waals surface area contributed by atoms with Gasteiger partial charge in [-0.3, -0.25) is 24.5 Å². The van der Waals surface area contributed by atoms with E-state index >= 15 is 0 Å². The molecule has 0 atom stereocenters. The summed E-state index contributed by atoms with van der Waals surface area (Å²) in [7, 11) is 1.26. The van der Waals surface area contributed by atoms with Crippen LogP contribution in [0, 0.1) is 10.1 Å². The van der Waals surface area contributed by atoms with Crippen LogP contribution < -0.4 is 20.7 Å². The standard InChI is InChI=1S/C17H16N4O6/c1-10(22)20(12-5-3-4-11(18)8-12)17(24)16(23)19-14-7-6-13(21(25)26)9-15(14)27-2/h3-9H,18H2,1-2H3,(H,19,23). The van der Waals surface area contributed by atoms with Gasteiger partial charge in [-0.05, 0) is 24.3 Å². The highest BCUT2D eigenvalue weighted by atomic mass is 16.6. The molecule has 2 aromatic rings. The number of imide groups is 1. The molecule has 0 saturated carbocycles. The maximum absolute atomic E-state index is 12.5. The largest absolute Gasteiger partial charge is 0.494 e. The second-order valence-corrected chi connectivity index (χ2v) is 5.35. The lowest BCUT2D eigenvalue weighted by Gasteiger charge is -2.19. The van der Waals surface area contributed by atoms with Gasteiger partial charge in [0.2, 0.25) is 5.91 Å². The van der Waals surface area contributed by atoms with Crippen molar-refractivity contribution in [1.82, 2.24) is 0 Å². The molecule has 0 aliphatic heterocycles. The zero-order valence-corrected chi connectivity index (χ0v) is 14.5. The van der Waals surface area contributed by atoms with E-state index in [1.807, 2.05) is 0 Å². The van der Waals surface area contributed by atoms with Crippen LogP contribution >= 0.6 is 0 Å². The van der Waals surface area contributed by atoms with Crippen molar-refractivity contribution in [3.63, 3.8) is 0 Å². The lowest BCUT2D eigenvalue weighted by Crippen LogP contribution is -2.42. The Morgan fingerprint density at radius 1 is 1.19 bits per heavy atom. The molecule has 3 amide bonds. The molecular weight excluding hydrogens is 356 g/mol. The maximum Gasteiger partial charge on any atom is 0.323 e. The lowest BCUT2D eigenvalue weighted by atomic mass is 10.2. The number of nitrogens with zero attached hydrogens (tertiary/aromatic N) is 2. The Morgan fingerprint density at radius 2 is 1.89 bits per heavy atom. The highest BCUT2D eigenvalue weighted by Gasteiger charge is 2.28. The Hall–Kier alpha value is -3.95. The highest BCUT2D eigenvalue weighted by Crippen LogP contribution is 2.29. The Bertz CT molecular complexity index is 927. The SMILES string of the molecule is COc1cc([N+](=O)[O-])ccc1NC(=O)C(=O)N(C(C)=O)c1cccc(N)c1. The van der Waals surface area contributed by atoms with Gasteiger partial charge >= 0.3 is 11.8 Å². The molecule has 2 aromatic carbocycles. The van der Waals surface area contributed by atoms with Crippen molar-refractivity contribution in [2.45, 2.75) is 6.92 Å². The third kappa shape index (κ3) is 4.37. The molecule has 0 fully saturated rings. The van der Waals surface area contributed by atoms with E-state index in [0.717, 1.165) is 19.1 Å². The molecule has 0 spiro atoms. The van der Waals surface area contributed by atoms with Crippen molar-refractivity contribution in [2.24, 2.45) is 0 Å². The van der Waals surface area contributed by atoms with Gasteiger partial charge in [0, 0.05) is 18.7 Å². The molecule has 0 unspecified atom stereocenters. The summed E-state index contributed by atoms with van der Waals surface area (Å²) in [6.07, 6.45) is 0. The number of nitrogen functional groups attached to an aromatic ring is 1. The Balaban J connectivity index is 2.29. The first-order valence-corrected chi connectivity index (χ1v) is 7.58. The number of ether oxygens (including phenoxy) is 1. The van der Waals surface area contributed by atoms with Crippen molar-refractivity contribution in [1.29, 1.82) is 0 Å². The molecule has 0 aliphatic carbocycles. The van der Waals surface area contributed by atoms with Crippen LogP contribution in [0.4, 0.5) is 22.7 Å². The fourth-order valence-corrected chi connectivity index (χ4v) is 2.28. The summed E-state index contributed by atoms with van der Waals surface area (Å²) >= 11 is 0. The van der Waals surface area contributed by atoms with E-state index in [1.165, 1.54) is 31.4 Å². The molecule has 0 bridgehead atoms. The van der Waals surface area contributed by atoms with E-state index in [0.29, 0.717) is 10.6 Å². The number of non-ortho nitro benzene ring substituents is 1. The van der Waals surface area contributed by atoms with Crippen LogP contribution in [0.1, 0.15) is 6.92 Å². The van der Waals surface area contributed by atoms with Crippen molar-refractivity contribution in [3.8, 4) is 5.75 Å². The van der Waals surface area contributed by atoms with Crippen molar-refractivity contribution in [3.05, 3.63) is 52.6 Å². The van der Waals surface area contributed by atoms with Gasteiger partial charge in [0.05, 0.1) is 29.5 Å². The minimum Gasteiger partial charge on any atom is -0.494 e. The van der Waals surface area contributed by atoms with E-state index < -0.39 is 22.6 Å². The fraction of sp³-hybridized carbons (Fsp3) is 0.118. The van der Waals surface area contributed by atoms with Gasteiger partial charge in [0.1, 0.15) is 5.75 Å². The van der Waals surface area contributed by atoms with Crippen LogP contribution in [0.25, 0.3) is 0 Å². The predicted molar refractivity (Wildman–Crippen MR) is 97.3 cm³/mol. The molecule has 140 valence electrons. The summed E-state index contributed by atoms with van der Waals surface area (Å²) in [5, 5.41) is 13.1. The van der Waals surface area contributed by atoms with E-state index in [4.69, 9.17) is 10.5 Å². The number of carbonyl (C=O) groups excluding carboxylic acids is 3. The van der Waals surface area contributed by atoms with Gasteiger partial charge in [-0.1, -0.05) is 6.07 Å². The molecule has 0 saturated heterocycles. The summed E-state index contributed by atoms with van der Waals surface area (Å²) < 4.78 is 5.00. The Labute approximate surface area is 153 Å². The normalized spacial score (nSPS) is 10.0. The number of benzene rings is 2. The average molecular weight is 372 g/mol. The number of methoxy groups -OCH3 is 1. The smallest absolute Gasteiger partial charge is 0.323 e. The van der Waals surface area contributed by atoms with Crippen LogP contribution in [-0.4, -0.2) is 29.8 Å². The minimum atomic E-state index is -1.14. The number of nitrogens with one attached hydrogen (secondary N) is 1. The number of nitrogens with two attached hydrogens (primary N) is 1. The lowest BCUT2D eigenvalue weighted by molar-refractivity contribution is -0.384. The van der Waals surface area contributed by atoms with Crippen LogP contribution in [0.5, 0.6) is 5.75 Å². The predicted octanol–water partition coefficient (Wildman–Crippen LogP) is 1.70. The van der Waals surface area contributed by atoms with Crippen LogP contribution in [0.3, 0.4) is 0 Å². The Morgan fingerprint density at radius 3 is 2.44 bits per heavy atom. The number of rotatable bonds is 4. The van der Waals surface area contributed by atoms with E-state index in [9.17, 15) is 24.5 Å². The second kappa shape index (κ2) is 7.95. The number of hydrogen-bond donors (Lipinski definition) is 2. The Kier molecular flexibility index (Phi) is 5.71. The number of anilines is 3. The molecule has 3 N–H and O–H groups in total. The van der Waals surface area contributed by atoms with E-state index in [2.05, 4.69) is 5.32 Å². The fourth-order valence-electron chi connectivity index (χ4n) is 2.28. The summed E-state index contributed by atoms with van der Waals surface area (Å²) in [6, 6.07) is 9.39. The zero-order chi connectivity index (χ0) is 20.1. The zero-order valence-electron chi connectivity index (χ0n) is 14.5. The van der Waals surface area contributed by atoms with Gasteiger partial charge in [-0.2, -0.15) is 0 Å². The quantitative estimate of drug-likeness (QED) is 0.359. The molecule has 0 radical (unpaired) electrons.